The van der Waals surface area contributed by atoms with Crippen LogP contribution in [-0.2, 0) is 14.3 Å². The minimum atomic E-state index is -0.812. The molecule has 0 saturated heterocycles. The molecule has 0 fully saturated rings. The Kier molecular flexibility index (Phi) is 7.33. The van der Waals surface area contributed by atoms with Crippen LogP contribution in [0.3, 0.4) is 0 Å². The molecule has 2 aromatic rings. The number of benzene rings is 2. The summed E-state index contributed by atoms with van der Waals surface area (Å²) in [6.07, 6.45) is 1.48. The van der Waals surface area contributed by atoms with Gasteiger partial charge in [-0.3, -0.25) is 9.59 Å². The fourth-order valence-corrected chi connectivity index (χ4v) is 2.35. The van der Waals surface area contributed by atoms with E-state index in [1.165, 1.54) is 33.3 Å². The zero-order valence-corrected chi connectivity index (χ0v) is 15.9. The van der Waals surface area contributed by atoms with E-state index in [-0.39, 0.29) is 5.70 Å². The third kappa shape index (κ3) is 5.70. The molecule has 2 rings (SSSR count). The lowest BCUT2D eigenvalue weighted by Gasteiger charge is -2.10. The van der Waals surface area contributed by atoms with Crippen molar-refractivity contribution < 1.29 is 28.6 Å². The Hall–Kier alpha value is -3.61. The van der Waals surface area contributed by atoms with Gasteiger partial charge in [-0.05, 0) is 29.8 Å². The summed E-state index contributed by atoms with van der Waals surface area (Å²) >= 11 is 0. The molecule has 0 saturated carbocycles. The molecule has 0 aliphatic rings. The second-order valence-electron chi connectivity index (χ2n) is 5.72. The van der Waals surface area contributed by atoms with E-state index in [9.17, 15) is 14.4 Å². The van der Waals surface area contributed by atoms with Crippen LogP contribution in [0.25, 0.3) is 6.08 Å². The molecule has 7 nitrogen and oxygen atoms in total. The van der Waals surface area contributed by atoms with Gasteiger partial charge in [-0.1, -0.05) is 30.3 Å². The third-order valence-electron chi connectivity index (χ3n) is 3.68. The van der Waals surface area contributed by atoms with E-state index >= 15 is 0 Å². The predicted molar refractivity (Wildman–Crippen MR) is 103 cm³/mol. The van der Waals surface area contributed by atoms with Crippen molar-refractivity contribution in [3.63, 3.8) is 0 Å². The highest BCUT2D eigenvalue weighted by Gasteiger charge is 2.17. The van der Waals surface area contributed by atoms with E-state index in [4.69, 9.17) is 14.2 Å². The van der Waals surface area contributed by atoms with Crippen molar-refractivity contribution >= 4 is 23.7 Å². The maximum atomic E-state index is 12.3. The minimum absolute atomic E-state index is 0.0567. The number of methoxy groups -OCH3 is 2. The lowest BCUT2D eigenvalue weighted by atomic mass is 10.1. The molecule has 28 heavy (non-hydrogen) atoms. The average molecular weight is 383 g/mol. The average Bonchev–Trinajstić information content (AvgIpc) is 2.71. The zero-order chi connectivity index (χ0) is 20.5. The van der Waals surface area contributed by atoms with Crippen LogP contribution < -0.4 is 14.8 Å². The number of carbonyl (C=O) groups is 3. The summed E-state index contributed by atoms with van der Waals surface area (Å²) in [4.78, 5) is 36.1. The van der Waals surface area contributed by atoms with E-state index in [0.717, 1.165) is 0 Å². The van der Waals surface area contributed by atoms with Gasteiger partial charge in [0.15, 0.2) is 23.9 Å². The minimum Gasteiger partial charge on any atom is -0.493 e. The van der Waals surface area contributed by atoms with Crippen LogP contribution in [0.4, 0.5) is 0 Å². The molecule has 2 aromatic carbocycles. The van der Waals surface area contributed by atoms with E-state index < -0.39 is 24.3 Å². The van der Waals surface area contributed by atoms with Gasteiger partial charge in [0, 0.05) is 12.5 Å². The summed E-state index contributed by atoms with van der Waals surface area (Å²) in [5, 5.41) is 2.42. The summed E-state index contributed by atoms with van der Waals surface area (Å²) in [6.45, 7) is 0.793. The Morgan fingerprint density at radius 3 is 2.25 bits per heavy atom. The van der Waals surface area contributed by atoms with Gasteiger partial charge in [0.25, 0.3) is 0 Å². The van der Waals surface area contributed by atoms with Gasteiger partial charge in [-0.25, -0.2) is 4.79 Å². The van der Waals surface area contributed by atoms with Crippen LogP contribution in [-0.4, -0.2) is 38.5 Å². The molecule has 0 aromatic heterocycles. The first-order chi connectivity index (χ1) is 13.4. The molecule has 0 unspecified atom stereocenters. The first-order valence-electron chi connectivity index (χ1n) is 8.41. The highest BCUT2D eigenvalue weighted by molar-refractivity contribution is 6.01. The Morgan fingerprint density at radius 2 is 1.64 bits per heavy atom. The van der Waals surface area contributed by atoms with Crippen molar-refractivity contribution in [3.8, 4) is 11.5 Å². The number of ketones is 1. The van der Waals surface area contributed by atoms with Gasteiger partial charge in [-0.2, -0.15) is 0 Å². The summed E-state index contributed by atoms with van der Waals surface area (Å²) < 4.78 is 15.4. The van der Waals surface area contributed by atoms with Crippen molar-refractivity contribution in [2.45, 2.75) is 6.92 Å². The fourth-order valence-electron chi connectivity index (χ4n) is 2.35. The van der Waals surface area contributed by atoms with E-state index in [1.807, 2.05) is 6.07 Å². The quantitative estimate of drug-likeness (QED) is 0.428. The molecule has 0 heterocycles. The predicted octanol–water partition coefficient (Wildman–Crippen LogP) is 2.61. The van der Waals surface area contributed by atoms with Gasteiger partial charge >= 0.3 is 5.97 Å². The molecule has 0 aliphatic carbocycles. The van der Waals surface area contributed by atoms with Crippen molar-refractivity contribution in [2.24, 2.45) is 0 Å². The summed E-state index contributed by atoms with van der Waals surface area (Å²) in [5.74, 6) is -0.785. The highest BCUT2D eigenvalue weighted by atomic mass is 16.5. The zero-order valence-electron chi connectivity index (χ0n) is 15.9. The molecule has 0 radical (unpaired) electrons. The molecule has 0 atom stereocenters. The first kappa shape index (κ1) is 20.7. The summed E-state index contributed by atoms with van der Waals surface area (Å²) in [5.41, 5.74) is 0.951. The smallest absolute Gasteiger partial charge is 0.355 e. The van der Waals surface area contributed by atoms with Gasteiger partial charge < -0.3 is 19.5 Å². The number of hydrogen-bond acceptors (Lipinski definition) is 6. The first-order valence-corrected chi connectivity index (χ1v) is 8.41. The number of amides is 1. The molecule has 0 spiro atoms. The number of rotatable bonds is 8. The number of ether oxygens (including phenoxy) is 3. The molecule has 146 valence electrons. The van der Waals surface area contributed by atoms with Gasteiger partial charge in [-0.15, -0.1) is 0 Å². The Balaban J connectivity index is 2.10. The number of carbonyl (C=O) groups excluding carboxylic acids is 3. The monoisotopic (exact) mass is 383 g/mol. The SMILES string of the molecule is COc1ccc(C(=O)COC(=O)/C(=C/c2ccccc2)NC(C)=O)cc1OC. The summed E-state index contributed by atoms with van der Waals surface area (Å²) in [6, 6.07) is 13.6. The van der Waals surface area contributed by atoms with E-state index in [1.54, 1.807) is 36.4 Å². The molecule has 0 aliphatic heterocycles. The van der Waals surface area contributed by atoms with Gasteiger partial charge in [0.05, 0.1) is 14.2 Å². The third-order valence-corrected chi connectivity index (χ3v) is 3.68. The number of Topliss-reactive ketones (excluding diaryl/α,β-unsaturated/α-hetero) is 1. The lowest BCUT2D eigenvalue weighted by Crippen LogP contribution is -2.27. The molecule has 1 amide bonds. The van der Waals surface area contributed by atoms with Crippen LogP contribution in [0.1, 0.15) is 22.8 Å². The van der Waals surface area contributed by atoms with E-state index in [2.05, 4.69) is 5.32 Å². The fraction of sp³-hybridized carbons (Fsp3) is 0.190. The van der Waals surface area contributed by atoms with Crippen molar-refractivity contribution in [1.82, 2.24) is 5.32 Å². The molecule has 0 bridgehead atoms. The van der Waals surface area contributed by atoms with Crippen LogP contribution in [0.2, 0.25) is 0 Å². The normalized spacial score (nSPS) is 10.8. The van der Waals surface area contributed by atoms with Gasteiger partial charge in [0.2, 0.25) is 5.91 Å². The second kappa shape index (κ2) is 9.91. The highest BCUT2D eigenvalue weighted by Crippen LogP contribution is 2.27. The Morgan fingerprint density at radius 1 is 0.964 bits per heavy atom. The summed E-state index contributed by atoms with van der Waals surface area (Å²) in [7, 11) is 2.95. The van der Waals surface area contributed by atoms with Gasteiger partial charge in [0.1, 0.15) is 5.70 Å². The number of esters is 1. The lowest BCUT2D eigenvalue weighted by molar-refractivity contribution is -0.139. The van der Waals surface area contributed by atoms with Crippen LogP contribution >= 0.6 is 0 Å². The topological polar surface area (TPSA) is 90.9 Å². The molecular weight excluding hydrogens is 362 g/mol. The Bertz CT molecular complexity index is 889. The van der Waals surface area contributed by atoms with Crippen molar-refractivity contribution in [2.75, 3.05) is 20.8 Å². The molecular formula is C21H21NO6. The Labute approximate surface area is 162 Å². The standard InChI is InChI=1S/C21H21NO6/c1-14(23)22-17(11-15-7-5-4-6-8-15)21(25)28-13-18(24)16-9-10-19(26-2)20(12-16)27-3/h4-12H,13H2,1-3H3,(H,22,23)/b17-11-. The molecule has 1 N–H and O–H groups in total. The van der Waals surface area contributed by atoms with Crippen LogP contribution in [0.5, 0.6) is 11.5 Å². The molecule has 7 heteroatoms. The van der Waals surface area contributed by atoms with Crippen LogP contribution in [0.15, 0.2) is 54.2 Å². The van der Waals surface area contributed by atoms with Crippen molar-refractivity contribution in [3.05, 3.63) is 65.4 Å². The number of hydrogen-bond donors (Lipinski definition) is 1. The maximum absolute atomic E-state index is 12.3. The van der Waals surface area contributed by atoms with Crippen LogP contribution in [0, 0.1) is 0 Å². The van der Waals surface area contributed by atoms with E-state index in [0.29, 0.717) is 22.6 Å². The maximum Gasteiger partial charge on any atom is 0.355 e. The second-order valence-corrected chi connectivity index (χ2v) is 5.72. The number of nitrogens with one attached hydrogen (secondary N) is 1. The largest absolute Gasteiger partial charge is 0.493 e. The van der Waals surface area contributed by atoms with Crippen molar-refractivity contribution in [1.29, 1.82) is 0 Å².